The smallest absolute Gasteiger partial charge is 0.271 e. The van der Waals surface area contributed by atoms with Crippen molar-refractivity contribution in [2.75, 3.05) is 0 Å². The van der Waals surface area contributed by atoms with Gasteiger partial charge in [-0.3, -0.25) is 9.78 Å². The van der Waals surface area contributed by atoms with Gasteiger partial charge in [0.05, 0.1) is 0 Å². The summed E-state index contributed by atoms with van der Waals surface area (Å²) in [5, 5.41) is 1.32. The molecule has 0 saturated carbocycles. The lowest BCUT2D eigenvalue weighted by atomic mass is 10.1. The number of hydrogen-bond donors (Lipinski definition) is 0. The Labute approximate surface area is 86.5 Å². The number of carbonyl (C=O) groups is 1. The minimum atomic E-state index is -0.509. The molecular weight excluding hydrogens is 198 g/mol. The number of fused-ring (bicyclic) bond motifs is 1. The number of nitrogens with zero attached hydrogens (tertiary/aromatic N) is 1. The molecular formula is C11H8ClNO. The third kappa shape index (κ3) is 1.38. The summed E-state index contributed by atoms with van der Waals surface area (Å²) in [6.07, 6.45) is 1.59. The fourth-order valence-corrected chi connectivity index (χ4v) is 1.70. The van der Waals surface area contributed by atoms with Crippen molar-refractivity contribution in [2.24, 2.45) is 0 Å². The predicted molar refractivity (Wildman–Crippen MR) is 56.7 cm³/mol. The molecule has 70 valence electrons. The molecule has 2 nitrogen and oxygen atoms in total. The van der Waals surface area contributed by atoms with Gasteiger partial charge in [0.25, 0.3) is 5.24 Å². The predicted octanol–water partition coefficient (Wildman–Crippen LogP) is 2.92. The molecule has 0 radical (unpaired) electrons. The lowest BCUT2D eigenvalue weighted by Crippen LogP contribution is -1.96. The van der Waals surface area contributed by atoms with Crippen molar-refractivity contribution in [3.63, 3.8) is 0 Å². The van der Waals surface area contributed by atoms with Crippen LogP contribution >= 0.6 is 11.6 Å². The van der Waals surface area contributed by atoms with Crippen LogP contribution in [0.3, 0.4) is 0 Å². The van der Waals surface area contributed by atoms with Gasteiger partial charge in [0.1, 0.15) is 5.69 Å². The number of aryl methyl sites for hydroxylation is 1. The molecule has 0 N–H and O–H groups in total. The van der Waals surface area contributed by atoms with E-state index in [2.05, 4.69) is 4.98 Å². The fraction of sp³-hybridized carbons (Fsp3) is 0.0909. The maximum absolute atomic E-state index is 11.1. The molecule has 0 bridgehead atoms. The van der Waals surface area contributed by atoms with Gasteiger partial charge in [0, 0.05) is 11.6 Å². The Hall–Kier alpha value is -1.41. The number of aromatic nitrogens is 1. The molecule has 0 amide bonds. The highest BCUT2D eigenvalue weighted by Crippen LogP contribution is 2.21. The molecule has 0 spiro atoms. The highest BCUT2D eigenvalue weighted by atomic mass is 35.5. The van der Waals surface area contributed by atoms with Crippen LogP contribution in [0.15, 0.2) is 30.5 Å². The molecule has 0 unspecified atom stereocenters. The van der Waals surface area contributed by atoms with Crippen molar-refractivity contribution in [2.45, 2.75) is 6.92 Å². The molecule has 3 heteroatoms. The Kier molecular flexibility index (Phi) is 2.22. The number of pyridine rings is 1. The van der Waals surface area contributed by atoms with E-state index in [0.29, 0.717) is 5.69 Å². The van der Waals surface area contributed by atoms with Gasteiger partial charge in [0.2, 0.25) is 0 Å². The minimum absolute atomic E-state index is 0.335. The summed E-state index contributed by atoms with van der Waals surface area (Å²) in [4.78, 5) is 15.1. The van der Waals surface area contributed by atoms with Gasteiger partial charge in [-0.05, 0) is 35.5 Å². The first-order valence-corrected chi connectivity index (χ1v) is 4.62. The average molecular weight is 206 g/mol. The Morgan fingerprint density at radius 3 is 2.86 bits per heavy atom. The molecule has 2 rings (SSSR count). The second kappa shape index (κ2) is 3.39. The number of rotatable bonds is 1. The summed E-state index contributed by atoms with van der Waals surface area (Å²) < 4.78 is 0. The van der Waals surface area contributed by atoms with Gasteiger partial charge < -0.3 is 0 Å². The van der Waals surface area contributed by atoms with Crippen LogP contribution in [-0.2, 0) is 0 Å². The van der Waals surface area contributed by atoms with Gasteiger partial charge in [-0.1, -0.05) is 18.2 Å². The van der Waals surface area contributed by atoms with Crippen LogP contribution in [0.2, 0.25) is 0 Å². The molecule has 14 heavy (non-hydrogen) atoms. The topological polar surface area (TPSA) is 30.0 Å². The van der Waals surface area contributed by atoms with Gasteiger partial charge in [-0.2, -0.15) is 0 Å². The van der Waals surface area contributed by atoms with Crippen LogP contribution in [0, 0.1) is 6.92 Å². The van der Waals surface area contributed by atoms with Gasteiger partial charge >= 0.3 is 0 Å². The van der Waals surface area contributed by atoms with Crippen LogP contribution in [0.4, 0.5) is 0 Å². The van der Waals surface area contributed by atoms with Crippen LogP contribution < -0.4 is 0 Å². The highest BCUT2D eigenvalue weighted by Gasteiger charge is 2.09. The number of hydrogen-bond acceptors (Lipinski definition) is 2. The summed E-state index contributed by atoms with van der Waals surface area (Å²) >= 11 is 5.45. The normalized spacial score (nSPS) is 10.4. The quantitative estimate of drug-likeness (QED) is 0.670. The zero-order valence-electron chi connectivity index (χ0n) is 7.62. The molecule has 0 aliphatic carbocycles. The molecule has 0 saturated heterocycles. The fourth-order valence-electron chi connectivity index (χ4n) is 1.56. The molecule has 0 fully saturated rings. The van der Waals surface area contributed by atoms with Crippen molar-refractivity contribution in [1.29, 1.82) is 0 Å². The first-order chi connectivity index (χ1) is 6.70. The summed E-state index contributed by atoms with van der Waals surface area (Å²) in [5.41, 5.74) is 1.35. The lowest BCUT2D eigenvalue weighted by Gasteiger charge is -2.03. The second-order valence-electron chi connectivity index (χ2n) is 3.11. The monoisotopic (exact) mass is 205 g/mol. The third-order valence-electron chi connectivity index (χ3n) is 2.19. The summed E-state index contributed by atoms with van der Waals surface area (Å²) in [6, 6.07) is 7.69. The van der Waals surface area contributed by atoms with Crippen molar-refractivity contribution in [3.05, 3.63) is 41.7 Å². The third-order valence-corrected chi connectivity index (χ3v) is 2.36. The first kappa shape index (κ1) is 9.16. The average Bonchev–Trinajstić information content (AvgIpc) is 2.17. The van der Waals surface area contributed by atoms with Crippen LogP contribution in [0.5, 0.6) is 0 Å². The Balaban J connectivity index is 2.91. The molecule has 0 aliphatic rings. The Bertz CT molecular complexity index is 502. The second-order valence-corrected chi connectivity index (χ2v) is 3.45. The Morgan fingerprint density at radius 2 is 2.14 bits per heavy atom. The van der Waals surface area contributed by atoms with E-state index in [9.17, 15) is 4.79 Å². The van der Waals surface area contributed by atoms with Gasteiger partial charge in [-0.25, -0.2) is 0 Å². The van der Waals surface area contributed by atoms with E-state index in [1.807, 2.05) is 31.2 Å². The van der Waals surface area contributed by atoms with Gasteiger partial charge in [0.15, 0.2) is 0 Å². The van der Waals surface area contributed by atoms with E-state index in [0.717, 1.165) is 16.3 Å². The van der Waals surface area contributed by atoms with Crippen LogP contribution in [0.1, 0.15) is 16.1 Å². The van der Waals surface area contributed by atoms with E-state index in [-0.39, 0.29) is 0 Å². The van der Waals surface area contributed by atoms with E-state index in [1.165, 1.54) is 0 Å². The highest BCUT2D eigenvalue weighted by molar-refractivity contribution is 6.68. The summed E-state index contributed by atoms with van der Waals surface area (Å²) in [6.45, 7) is 1.94. The van der Waals surface area contributed by atoms with E-state index in [4.69, 9.17) is 11.6 Å². The SMILES string of the molecule is Cc1cccc2ccnc(C(=O)Cl)c12. The minimum Gasteiger partial charge on any atom is -0.274 e. The number of benzene rings is 1. The summed E-state index contributed by atoms with van der Waals surface area (Å²) in [7, 11) is 0. The lowest BCUT2D eigenvalue weighted by molar-refractivity contribution is 0.107. The number of carbonyl (C=O) groups excluding carboxylic acids is 1. The largest absolute Gasteiger partial charge is 0.274 e. The molecule has 1 heterocycles. The standard InChI is InChI=1S/C11H8ClNO/c1-7-3-2-4-8-5-6-13-10(9(7)8)11(12)14/h2-6H,1H3. The van der Waals surface area contributed by atoms with Gasteiger partial charge in [-0.15, -0.1) is 0 Å². The van der Waals surface area contributed by atoms with Crippen LogP contribution in [0.25, 0.3) is 10.8 Å². The van der Waals surface area contributed by atoms with Crippen molar-refractivity contribution in [3.8, 4) is 0 Å². The summed E-state index contributed by atoms with van der Waals surface area (Å²) in [5.74, 6) is 0. The first-order valence-electron chi connectivity index (χ1n) is 4.24. The molecule has 0 aliphatic heterocycles. The Morgan fingerprint density at radius 1 is 1.36 bits per heavy atom. The van der Waals surface area contributed by atoms with Crippen molar-refractivity contribution < 1.29 is 4.79 Å². The molecule has 0 atom stereocenters. The molecule has 1 aromatic carbocycles. The number of halogens is 1. The van der Waals surface area contributed by atoms with E-state index < -0.39 is 5.24 Å². The zero-order chi connectivity index (χ0) is 10.1. The molecule has 1 aromatic heterocycles. The molecule has 2 aromatic rings. The van der Waals surface area contributed by atoms with E-state index >= 15 is 0 Å². The maximum Gasteiger partial charge on any atom is 0.271 e. The van der Waals surface area contributed by atoms with E-state index in [1.54, 1.807) is 6.20 Å². The zero-order valence-corrected chi connectivity index (χ0v) is 8.38. The van der Waals surface area contributed by atoms with Crippen molar-refractivity contribution in [1.82, 2.24) is 4.98 Å². The van der Waals surface area contributed by atoms with Crippen LogP contribution in [-0.4, -0.2) is 10.2 Å². The maximum atomic E-state index is 11.1. The van der Waals surface area contributed by atoms with Crippen molar-refractivity contribution >= 4 is 27.6 Å².